The predicted molar refractivity (Wildman–Crippen MR) is 96.6 cm³/mol. The molecule has 0 aliphatic rings. The number of benzene rings is 1. The molecule has 0 fully saturated rings. The van der Waals surface area contributed by atoms with Crippen molar-refractivity contribution in [1.82, 2.24) is 19.6 Å². The van der Waals surface area contributed by atoms with Gasteiger partial charge in [0.05, 0.1) is 16.3 Å². The van der Waals surface area contributed by atoms with Crippen molar-refractivity contribution in [2.45, 2.75) is 6.54 Å². The van der Waals surface area contributed by atoms with Crippen LogP contribution < -0.4 is 5.32 Å². The van der Waals surface area contributed by atoms with Crippen LogP contribution in [-0.2, 0) is 13.6 Å². The molecule has 24 heavy (non-hydrogen) atoms. The van der Waals surface area contributed by atoms with E-state index in [-0.39, 0.29) is 17.5 Å². The summed E-state index contributed by atoms with van der Waals surface area (Å²) in [7, 11) is 1.69. The Kier molecular flexibility index (Phi) is 4.86. The summed E-state index contributed by atoms with van der Waals surface area (Å²) in [5.74, 6) is -0.370. The summed E-state index contributed by atoms with van der Waals surface area (Å²) in [5, 5.41) is 11.3. The van der Waals surface area contributed by atoms with Gasteiger partial charge in [-0.3, -0.25) is 14.2 Å². The maximum atomic E-state index is 12.9. The number of aromatic nitrogens is 4. The van der Waals surface area contributed by atoms with E-state index in [1.54, 1.807) is 36.3 Å². The van der Waals surface area contributed by atoms with Gasteiger partial charge < -0.3 is 5.32 Å². The van der Waals surface area contributed by atoms with Crippen LogP contribution in [0.1, 0.15) is 16.1 Å². The number of carbonyl (C=O) groups excluding carboxylic acids is 1. The third kappa shape index (κ3) is 3.59. The molecule has 0 radical (unpaired) electrons. The number of hydrogen-bond acceptors (Lipinski definition) is 3. The average molecular weight is 460 g/mol. The number of hydrogen-bond donors (Lipinski definition) is 1. The first-order valence-electron chi connectivity index (χ1n) is 6.90. The van der Waals surface area contributed by atoms with Gasteiger partial charge in [-0.05, 0) is 40.3 Å². The van der Waals surface area contributed by atoms with Crippen molar-refractivity contribution in [2.24, 2.45) is 7.05 Å². The van der Waals surface area contributed by atoms with E-state index in [4.69, 9.17) is 11.6 Å². The van der Waals surface area contributed by atoms with E-state index in [0.29, 0.717) is 17.3 Å². The van der Waals surface area contributed by atoms with Crippen LogP contribution in [0, 0.1) is 9.39 Å². The van der Waals surface area contributed by atoms with Gasteiger partial charge >= 0.3 is 0 Å². The van der Waals surface area contributed by atoms with E-state index in [9.17, 15) is 9.18 Å². The van der Waals surface area contributed by atoms with Crippen LogP contribution in [0.2, 0.25) is 5.02 Å². The van der Waals surface area contributed by atoms with Crippen LogP contribution in [0.15, 0.2) is 36.7 Å². The van der Waals surface area contributed by atoms with Gasteiger partial charge in [-0.1, -0.05) is 23.7 Å². The Labute approximate surface area is 155 Å². The quantitative estimate of drug-likeness (QED) is 0.609. The van der Waals surface area contributed by atoms with Crippen LogP contribution in [0.3, 0.4) is 0 Å². The first-order chi connectivity index (χ1) is 11.4. The molecule has 6 nitrogen and oxygen atoms in total. The Balaban J connectivity index is 1.77. The molecule has 0 saturated carbocycles. The van der Waals surface area contributed by atoms with E-state index in [1.165, 1.54) is 16.8 Å². The Morgan fingerprint density at radius 1 is 1.38 bits per heavy atom. The summed E-state index contributed by atoms with van der Waals surface area (Å²) in [6.45, 7) is 0.416. The molecule has 0 saturated heterocycles. The molecule has 0 unspecified atom stereocenters. The summed E-state index contributed by atoms with van der Waals surface area (Å²) >= 11 is 8.18. The number of halogens is 3. The molecule has 0 aliphatic heterocycles. The molecule has 0 spiro atoms. The zero-order valence-electron chi connectivity index (χ0n) is 12.5. The molecule has 0 bridgehead atoms. The Morgan fingerprint density at radius 3 is 2.71 bits per heavy atom. The standard InChI is InChI=1S/C15H12ClFIN5O/c1-22-13(12(18)6-19-22)15(24)20-14-11(16)8-23(21-14)7-9-2-4-10(17)5-3-9/h2-6,8H,7H2,1H3,(H,20,21,24). The largest absolute Gasteiger partial charge is 0.302 e. The van der Waals surface area contributed by atoms with Gasteiger partial charge in [0.15, 0.2) is 5.82 Å². The van der Waals surface area contributed by atoms with Crippen molar-refractivity contribution in [2.75, 3.05) is 5.32 Å². The van der Waals surface area contributed by atoms with Gasteiger partial charge in [0, 0.05) is 13.2 Å². The lowest BCUT2D eigenvalue weighted by molar-refractivity contribution is 0.101. The fourth-order valence-electron chi connectivity index (χ4n) is 2.17. The van der Waals surface area contributed by atoms with E-state index in [1.807, 2.05) is 22.6 Å². The Morgan fingerprint density at radius 2 is 2.08 bits per heavy atom. The second kappa shape index (κ2) is 6.89. The van der Waals surface area contributed by atoms with Crippen LogP contribution in [-0.4, -0.2) is 25.5 Å². The number of aryl methyl sites for hydroxylation is 1. The molecule has 1 amide bonds. The number of nitrogens with one attached hydrogen (secondary N) is 1. The van der Waals surface area contributed by atoms with Crippen LogP contribution in [0.4, 0.5) is 10.2 Å². The SMILES string of the molecule is Cn1ncc(I)c1C(=O)Nc1nn(Cc2ccc(F)cc2)cc1Cl. The van der Waals surface area contributed by atoms with Gasteiger partial charge in [0.25, 0.3) is 5.91 Å². The summed E-state index contributed by atoms with van der Waals surface area (Å²) in [5.41, 5.74) is 1.30. The van der Waals surface area contributed by atoms with Crippen LogP contribution in [0.5, 0.6) is 0 Å². The predicted octanol–water partition coefficient (Wildman–Crippen LogP) is 3.31. The third-order valence-corrected chi connectivity index (χ3v) is 4.38. The third-order valence-electron chi connectivity index (χ3n) is 3.32. The van der Waals surface area contributed by atoms with Gasteiger partial charge in [0.2, 0.25) is 0 Å². The van der Waals surface area contributed by atoms with Crippen molar-refractivity contribution in [1.29, 1.82) is 0 Å². The molecule has 2 aromatic heterocycles. The Bertz CT molecular complexity index is 870. The molecule has 124 valence electrons. The van der Waals surface area contributed by atoms with E-state index < -0.39 is 0 Å². The van der Waals surface area contributed by atoms with Gasteiger partial charge in [0.1, 0.15) is 16.5 Å². The first kappa shape index (κ1) is 16.9. The number of anilines is 1. The lowest BCUT2D eigenvalue weighted by Crippen LogP contribution is -2.18. The highest BCUT2D eigenvalue weighted by Gasteiger charge is 2.18. The summed E-state index contributed by atoms with van der Waals surface area (Å²) < 4.78 is 16.7. The maximum Gasteiger partial charge on any atom is 0.276 e. The highest BCUT2D eigenvalue weighted by molar-refractivity contribution is 14.1. The molecule has 0 aliphatic carbocycles. The summed E-state index contributed by atoms with van der Waals surface area (Å²) in [6.07, 6.45) is 3.21. The smallest absolute Gasteiger partial charge is 0.276 e. The van der Waals surface area contributed by atoms with Crippen LogP contribution >= 0.6 is 34.2 Å². The average Bonchev–Trinajstić information content (AvgIpc) is 3.04. The van der Waals surface area contributed by atoms with E-state index >= 15 is 0 Å². The highest BCUT2D eigenvalue weighted by atomic mass is 127. The lowest BCUT2D eigenvalue weighted by atomic mass is 10.2. The van der Waals surface area contributed by atoms with Crippen molar-refractivity contribution in [3.8, 4) is 0 Å². The molecule has 3 rings (SSSR count). The van der Waals surface area contributed by atoms with Crippen LogP contribution in [0.25, 0.3) is 0 Å². The van der Waals surface area contributed by atoms with Gasteiger partial charge in [-0.25, -0.2) is 4.39 Å². The van der Waals surface area contributed by atoms with Crippen molar-refractivity contribution >= 4 is 45.9 Å². The fourth-order valence-corrected chi connectivity index (χ4v) is 3.09. The topological polar surface area (TPSA) is 64.7 Å². The zero-order chi connectivity index (χ0) is 17.3. The van der Waals surface area contributed by atoms with Crippen molar-refractivity contribution < 1.29 is 9.18 Å². The molecule has 2 heterocycles. The number of carbonyl (C=O) groups is 1. The van der Waals surface area contributed by atoms with Crippen molar-refractivity contribution in [3.05, 3.63) is 62.3 Å². The summed E-state index contributed by atoms with van der Waals surface area (Å²) in [6, 6.07) is 6.10. The molecular weight excluding hydrogens is 448 g/mol. The zero-order valence-corrected chi connectivity index (χ0v) is 15.4. The highest BCUT2D eigenvalue weighted by Crippen LogP contribution is 2.21. The molecule has 1 N–H and O–H groups in total. The molecule has 0 atom stereocenters. The number of amides is 1. The molecule has 1 aromatic carbocycles. The molecule has 9 heteroatoms. The fraction of sp³-hybridized carbons (Fsp3) is 0.133. The maximum absolute atomic E-state index is 12.9. The summed E-state index contributed by atoms with van der Waals surface area (Å²) in [4.78, 5) is 12.3. The van der Waals surface area contributed by atoms with Crippen molar-refractivity contribution in [3.63, 3.8) is 0 Å². The minimum Gasteiger partial charge on any atom is -0.302 e. The number of nitrogens with zero attached hydrogens (tertiary/aromatic N) is 4. The van der Waals surface area contributed by atoms with Gasteiger partial charge in [-0.2, -0.15) is 10.2 Å². The van der Waals surface area contributed by atoms with Gasteiger partial charge in [-0.15, -0.1) is 0 Å². The minimum atomic E-state index is -0.340. The minimum absolute atomic E-state index is 0.265. The second-order valence-corrected chi connectivity index (χ2v) is 6.64. The first-order valence-corrected chi connectivity index (χ1v) is 8.36. The van der Waals surface area contributed by atoms with E-state index in [2.05, 4.69) is 15.5 Å². The monoisotopic (exact) mass is 459 g/mol. The Hall–Kier alpha value is -1.94. The van der Waals surface area contributed by atoms with E-state index in [0.717, 1.165) is 9.13 Å². The second-order valence-electron chi connectivity index (χ2n) is 5.07. The lowest BCUT2D eigenvalue weighted by Gasteiger charge is -2.04. The molecule has 3 aromatic rings. The molecular formula is C15H12ClFIN5O. The number of rotatable bonds is 4. The normalized spacial score (nSPS) is 10.8.